The third-order valence-electron chi connectivity index (χ3n) is 5.32. The van der Waals surface area contributed by atoms with Crippen LogP contribution in [0.25, 0.3) is 16.7 Å². The van der Waals surface area contributed by atoms with Gasteiger partial charge in [0.15, 0.2) is 11.6 Å². The lowest BCUT2D eigenvalue weighted by atomic mass is 9.86. The molecule has 1 N–H and O–H groups in total. The molecule has 11 heteroatoms. The zero-order chi connectivity index (χ0) is 21.1. The highest BCUT2D eigenvalue weighted by Gasteiger charge is 2.50. The summed E-state index contributed by atoms with van der Waals surface area (Å²) in [7, 11) is 0. The number of pyridine rings is 1. The number of hydrogen-bond acceptors (Lipinski definition) is 7. The molecular weight excluding hydrogens is 396 g/mol. The van der Waals surface area contributed by atoms with Crippen molar-refractivity contribution in [1.29, 1.82) is 0 Å². The molecule has 2 saturated heterocycles. The summed E-state index contributed by atoms with van der Waals surface area (Å²) in [4.78, 5) is 25.5. The molecule has 5 rings (SSSR count). The maximum atomic E-state index is 13.8. The monoisotopic (exact) mass is 415 g/mol. The molecule has 1 amide bonds. The minimum atomic E-state index is -3.18. The lowest BCUT2D eigenvalue weighted by molar-refractivity contribution is -0.161. The molecule has 0 atom stereocenters. The fourth-order valence-electron chi connectivity index (χ4n) is 3.77. The summed E-state index contributed by atoms with van der Waals surface area (Å²) in [5, 5.41) is 8.00. The third kappa shape index (κ3) is 3.05. The number of carbonyl (C=O) groups is 1. The van der Waals surface area contributed by atoms with Crippen LogP contribution in [-0.2, 0) is 15.5 Å². The Hall–Kier alpha value is -3.21. The molecule has 3 aromatic rings. The van der Waals surface area contributed by atoms with Gasteiger partial charge in [0.05, 0.1) is 30.6 Å². The molecule has 0 bridgehead atoms. The second kappa shape index (κ2) is 6.39. The standard InChI is InChI=1S/C19H19F2N7O2/c1-11(29)24-14-7-13-12(8-23-14)16(27-9-19(10-27)4-6-30-19)26-28(13)15-3-5-22-17(25-15)18(2,20)21/h3,5,7-8H,4,6,9-10H2,1-2H3,(H,23,24,29). The van der Waals surface area contributed by atoms with Crippen molar-refractivity contribution in [2.75, 3.05) is 29.9 Å². The van der Waals surface area contributed by atoms with Crippen molar-refractivity contribution in [3.05, 3.63) is 30.4 Å². The van der Waals surface area contributed by atoms with Crippen molar-refractivity contribution in [3.63, 3.8) is 0 Å². The summed E-state index contributed by atoms with van der Waals surface area (Å²) in [5.41, 5.74) is 0.481. The molecule has 0 radical (unpaired) electrons. The van der Waals surface area contributed by atoms with E-state index in [1.165, 1.54) is 23.9 Å². The Bertz CT molecular complexity index is 1150. The van der Waals surface area contributed by atoms with Crippen LogP contribution in [0.1, 0.15) is 26.1 Å². The normalized spacial score (nSPS) is 17.7. The maximum Gasteiger partial charge on any atom is 0.303 e. The zero-order valence-electron chi connectivity index (χ0n) is 16.4. The van der Waals surface area contributed by atoms with E-state index in [2.05, 4.69) is 30.3 Å². The van der Waals surface area contributed by atoms with Crippen LogP contribution in [0.5, 0.6) is 0 Å². The van der Waals surface area contributed by atoms with E-state index in [1.807, 2.05) is 0 Å². The Morgan fingerprint density at radius 3 is 2.73 bits per heavy atom. The van der Waals surface area contributed by atoms with Crippen LogP contribution in [0.4, 0.5) is 20.4 Å². The van der Waals surface area contributed by atoms with Crippen LogP contribution < -0.4 is 10.2 Å². The molecule has 0 saturated carbocycles. The van der Waals surface area contributed by atoms with E-state index < -0.39 is 11.7 Å². The van der Waals surface area contributed by atoms with Crippen LogP contribution >= 0.6 is 0 Å². The Balaban J connectivity index is 1.61. The summed E-state index contributed by atoms with van der Waals surface area (Å²) in [5.74, 6) is -2.85. The van der Waals surface area contributed by atoms with E-state index in [0.717, 1.165) is 25.3 Å². The smallest absolute Gasteiger partial charge is 0.303 e. The largest absolute Gasteiger partial charge is 0.371 e. The fourth-order valence-corrected chi connectivity index (χ4v) is 3.77. The van der Waals surface area contributed by atoms with Gasteiger partial charge in [0.25, 0.3) is 0 Å². The van der Waals surface area contributed by atoms with Crippen molar-refractivity contribution in [3.8, 4) is 5.82 Å². The minimum Gasteiger partial charge on any atom is -0.371 e. The van der Waals surface area contributed by atoms with Crippen LogP contribution in [-0.4, -0.2) is 55.9 Å². The van der Waals surface area contributed by atoms with Crippen molar-refractivity contribution in [2.24, 2.45) is 0 Å². The first kappa shape index (κ1) is 18.8. The van der Waals surface area contributed by atoms with Gasteiger partial charge in [-0.3, -0.25) is 4.79 Å². The maximum absolute atomic E-state index is 13.8. The van der Waals surface area contributed by atoms with Gasteiger partial charge in [-0.25, -0.2) is 19.6 Å². The van der Waals surface area contributed by atoms with Crippen molar-refractivity contribution in [2.45, 2.75) is 31.8 Å². The fraction of sp³-hybridized carbons (Fsp3) is 0.421. The molecule has 30 heavy (non-hydrogen) atoms. The summed E-state index contributed by atoms with van der Waals surface area (Å²) in [6.07, 6.45) is 3.90. The molecule has 0 aromatic carbocycles. The number of carbonyl (C=O) groups excluding carboxylic acids is 1. The number of fused-ring (bicyclic) bond motifs is 1. The molecule has 156 valence electrons. The van der Waals surface area contributed by atoms with Crippen LogP contribution in [0, 0.1) is 0 Å². The number of aromatic nitrogens is 5. The summed E-state index contributed by atoms with van der Waals surface area (Å²) in [6.45, 7) is 4.30. The molecule has 3 aromatic heterocycles. The van der Waals surface area contributed by atoms with Gasteiger partial charge in [-0.05, 0) is 0 Å². The number of amides is 1. The average molecular weight is 415 g/mol. The molecule has 2 aliphatic heterocycles. The number of halogens is 2. The van der Waals surface area contributed by atoms with E-state index in [9.17, 15) is 13.6 Å². The van der Waals surface area contributed by atoms with Gasteiger partial charge in [0.1, 0.15) is 11.4 Å². The van der Waals surface area contributed by atoms with Gasteiger partial charge in [0.2, 0.25) is 11.7 Å². The van der Waals surface area contributed by atoms with Crippen molar-refractivity contribution in [1.82, 2.24) is 24.7 Å². The van der Waals surface area contributed by atoms with E-state index in [1.54, 1.807) is 12.3 Å². The second-order valence-corrected chi connectivity index (χ2v) is 7.77. The number of nitrogens with one attached hydrogen (secondary N) is 1. The highest BCUT2D eigenvalue weighted by molar-refractivity contribution is 5.95. The first-order valence-corrected chi connectivity index (χ1v) is 9.51. The van der Waals surface area contributed by atoms with Gasteiger partial charge >= 0.3 is 5.92 Å². The molecule has 0 unspecified atom stereocenters. The second-order valence-electron chi connectivity index (χ2n) is 7.77. The quantitative estimate of drug-likeness (QED) is 0.698. The Morgan fingerprint density at radius 2 is 2.10 bits per heavy atom. The van der Waals surface area contributed by atoms with Crippen molar-refractivity contribution < 1.29 is 18.3 Å². The minimum absolute atomic E-state index is 0.105. The Labute approximate surface area is 170 Å². The van der Waals surface area contributed by atoms with E-state index in [-0.39, 0.29) is 17.3 Å². The van der Waals surface area contributed by atoms with Gasteiger partial charge in [0, 0.05) is 44.8 Å². The van der Waals surface area contributed by atoms with Gasteiger partial charge in [-0.15, -0.1) is 5.10 Å². The predicted molar refractivity (Wildman–Crippen MR) is 104 cm³/mol. The number of anilines is 2. The predicted octanol–water partition coefficient (Wildman–Crippen LogP) is 2.26. The first-order valence-electron chi connectivity index (χ1n) is 9.51. The zero-order valence-corrected chi connectivity index (χ0v) is 16.4. The topological polar surface area (TPSA) is 98.1 Å². The molecule has 0 aliphatic carbocycles. The lowest BCUT2D eigenvalue weighted by Gasteiger charge is -2.55. The number of rotatable bonds is 4. The van der Waals surface area contributed by atoms with Gasteiger partial charge < -0.3 is 15.0 Å². The number of alkyl halides is 2. The van der Waals surface area contributed by atoms with Crippen molar-refractivity contribution >= 4 is 28.4 Å². The van der Waals surface area contributed by atoms with Gasteiger partial charge in [-0.1, -0.05) is 0 Å². The molecule has 1 spiro atoms. The summed E-state index contributed by atoms with van der Waals surface area (Å²) in [6, 6.07) is 3.16. The summed E-state index contributed by atoms with van der Waals surface area (Å²) >= 11 is 0. The molecule has 5 heterocycles. The summed E-state index contributed by atoms with van der Waals surface area (Å²) < 4.78 is 34.7. The highest BCUT2D eigenvalue weighted by atomic mass is 19.3. The molecular formula is C19H19F2N7O2. The molecule has 2 aliphatic rings. The average Bonchev–Trinajstić information content (AvgIpc) is 2.97. The van der Waals surface area contributed by atoms with E-state index >= 15 is 0 Å². The van der Waals surface area contributed by atoms with E-state index in [0.29, 0.717) is 30.2 Å². The third-order valence-corrected chi connectivity index (χ3v) is 5.32. The molecule has 9 nitrogen and oxygen atoms in total. The lowest BCUT2D eigenvalue weighted by Crippen LogP contribution is -2.68. The van der Waals surface area contributed by atoms with E-state index in [4.69, 9.17) is 4.74 Å². The number of ether oxygens (including phenoxy) is 1. The number of nitrogens with zero attached hydrogens (tertiary/aromatic N) is 6. The number of hydrogen-bond donors (Lipinski definition) is 1. The van der Waals surface area contributed by atoms with Gasteiger partial charge in [-0.2, -0.15) is 8.78 Å². The van der Waals surface area contributed by atoms with Crippen LogP contribution in [0.2, 0.25) is 0 Å². The highest BCUT2D eigenvalue weighted by Crippen LogP contribution is 2.41. The first-order chi connectivity index (χ1) is 14.2. The Morgan fingerprint density at radius 1 is 1.33 bits per heavy atom. The van der Waals surface area contributed by atoms with Crippen LogP contribution in [0.3, 0.4) is 0 Å². The molecule has 2 fully saturated rings. The Kier molecular flexibility index (Phi) is 4.01. The van der Waals surface area contributed by atoms with Crippen LogP contribution in [0.15, 0.2) is 24.5 Å². The SMILES string of the molecule is CC(=O)Nc1cc2c(cn1)c(N1CC3(CCO3)C1)nn2-c1ccnc(C(C)(F)F)n1.